The second-order valence-electron chi connectivity index (χ2n) is 4.81. The topological polar surface area (TPSA) is 40.5 Å². The number of carbonyl (C=O) groups excluding carboxylic acids is 1. The van der Waals surface area contributed by atoms with Gasteiger partial charge in [-0.1, -0.05) is 42.5 Å². The van der Waals surface area contributed by atoms with Gasteiger partial charge in [0.25, 0.3) is 0 Å². The van der Waals surface area contributed by atoms with Gasteiger partial charge in [-0.15, -0.1) is 0 Å². The largest absolute Gasteiger partial charge is 0.506 e. The first-order valence-corrected chi connectivity index (χ1v) is 6.58. The third-order valence-corrected chi connectivity index (χ3v) is 3.50. The lowest BCUT2D eigenvalue weighted by Crippen LogP contribution is -2.28. The quantitative estimate of drug-likeness (QED) is 0.904. The van der Waals surface area contributed by atoms with E-state index in [2.05, 4.69) is 0 Å². The molecule has 3 rings (SSSR count). The smallest absolute Gasteiger partial charge is 0.159 e. The highest BCUT2D eigenvalue weighted by atomic mass is 16.3. The standard InChI is InChI=1S/C17H15NO2/c19-14-10-11-18(15-8-4-5-9-17(15)20)16(12-14)13-6-2-1-3-7-13/h1-11,16,20H,12H2/t16-/m1/s1. The Bertz CT molecular complexity index is 649. The van der Waals surface area contributed by atoms with Gasteiger partial charge in [0.2, 0.25) is 0 Å². The number of carbonyl (C=O) groups is 1. The Kier molecular flexibility index (Phi) is 3.25. The van der Waals surface area contributed by atoms with E-state index in [9.17, 15) is 9.90 Å². The highest BCUT2D eigenvalue weighted by Gasteiger charge is 2.26. The van der Waals surface area contributed by atoms with Crippen LogP contribution < -0.4 is 4.90 Å². The second-order valence-corrected chi connectivity index (χ2v) is 4.81. The summed E-state index contributed by atoms with van der Waals surface area (Å²) in [7, 11) is 0. The van der Waals surface area contributed by atoms with E-state index in [1.807, 2.05) is 47.4 Å². The molecular formula is C17H15NO2. The fourth-order valence-corrected chi connectivity index (χ4v) is 2.51. The number of benzene rings is 2. The Morgan fingerprint density at radius 1 is 1.00 bits per heavy atom. The van der Waals surface area contributed by atoms with Crippen molar-refractivity contribution in [3.63, 3.8) is 0 Å². The van der Waals surface area contributed by atoms with Gasteiger partial charge in [0.05, 0.1) is 11.7 Å². The van der Waals surface area contributed by atoms with Crippen molar-refractivity contribution in [3.8, 4) is 5.75 Å². The van der Waals surface area contributed by atoms with E-state index >= 15 is 0 Å². The summed E-state index contributed by atoms with van der Waals surface area (Å²) in [4.78, 5) is 13.7. The van der Waals surface area contributed by atoms with Crippen LogP contribution in [0.3, 0.4) is 0 Å². The Balaban J connectivity index is 2.05. The minimum absolute atomic E-state index is 0.0815. The Labute approximate surface area is 117 Å². The lowest BCUT2D eigenvalue weighted by molar-refractivity contribution is -0.115. The zero-order valence-corrected chi connectivity index (χ0v) is 10.9. The minimum Gasteiger partial charge on any atom is -0.506 e. The Morgan fingerprint density at radius 3 is 2.45 bits per heavy atom. The van der Waals surface area contributed by atoms with Crippen molar-refractivity contribution in [2.75, 3.05) is 4.90 Å². The highest BCUT2D eigenvalue weighted by molar-refractivity contribution is 5.92. The zero-order valence-electron chi connectivity index (χ0n) is 10.9. The molecule has 1 aliphatic heterocycles. The zero-order chi connectivity index (χ0) is 13.9. The van der Waals surface area contributed by atoms with Crippen LogP contribution >= 0.6 is 0 Å². The van der Waals surface area contributed by atoms with Gasteiger partial charge >= 0.3 is 0 Å². The molecule has 0 spiro atoms. The summed E-state index contributed by atoms with van der Waals surface area (Å²) in [5.41, 5.74) is 1.78. The second kappa shape index (κ2) is 5.21. The number of rotatable bonds is 2. The maximum Gasteiger partial charge on any atom is 0.159 e. The van der Waals surface area contributed by atoms with Crippen molar-refractivity contribution in [2.45, 2.75) is 12.5 Å². The molecule has 3 heteroatoms. The van der Waals surface area contributed by atoms with Crippen molar-refractivity contribution < 1.29 is 9.90 Å². The van der Waals surface area contributed by atoms with Crippen LogP contribution in [0.4, 0.5) is 5.69 Å². The molecule has 0 unspecified atom stereocenters. The molecule has 100 valence electrons. The van der Waals surface area contributed by atoms with E-state index in [-0.39, 0.29) is 17.6 Å². The molecule has 2 aromatic rings. The summed E-state index contributed by atoms with van der Waals surface area (Å²) in [5.74, 6) is 0.318. The maximum absolute atomic E-state index is 11.7. The molecule has 0 saturated heterocycles. The minimum atomic E-state index is -0.0815. The number of nitrogens with zero attached hydrogens (tertiary/aromatic N) is 1. The van der Waals surface area contributed by atoms with Gasteiger partial charge in [-0.25, -0.2) is 0 Å². The molecule has 0 amide bonds. The van der Waals surface area contributed by atoms with Crippen molar-refractivity contribution >= 4 is 11.5 Å². The molecule has 1 N–H and O–H groups in total. The van der Waals surface area contributed by atoms with Crippen LogP contribution in [0.15, 0.2) is 66.9 Å². The lowest BCUT2D eigenvalue weighted by atomic mass is 9.96. The predicted octanol–water partition coefficient (Wildman–Crippen LogP) is 3.43. The number of anilines is 1. The number of aromatic hydroxyl groups is 1. The average Bonchev–Trinajstić information content (AvgIpc) is 2.49. The van der Waals surface area contributed by atoms with Crippen LogP contribution in [0.1, 0.15) is 18.0 Å². The Morgan fingerprint density at radius 2 is 1.70 bits per heavy atom. The molecule has 1 atom stereocenters. The van der Waals surface area contributed by atoms with Gasteiger partial charge < -0.3 is 10.0 Å². The molecule has 0 radical (unpaired) electrons. The fourth-order valence-electron chi connectivity index (χ4n) is 2.51. The molecule has 1 aliphatic rings. The highest BCUT2D eigenvalue weighted by Crippen LogP contribution is 2.37. The summed E-state index contributed by atoms with van der Waals surface area (Å²) in [6.07, 6.45) is 3.72. The number of phenolic OH excluding ortho intramolecular Hbond substituents is 1. The van der Waals surface area contributed by atoms with Crippen molar-refractivity contribution in [2.24, 2.45) is 0 Å². The van der Waals surface area contributed by atoms with Gasteiger partial charge in [-0.05, 0) is 23.8 Å². The monoisotopic (exact) mass is 265 g/mol. The van der Waals surface area contributed by atoms with E-state index in [0.29, 0.717) is 12.1 Å². The van der Waals surface area contributed by atoms with Crippen LogP contribution in [0.25, 0.3) is 0 Å². The summed E-state index contributed by atoms with van der Waals surface area (Å²) in [6, 6.07) is 17.0. The van der Waals surface area contributed by atoms with E-state index in [1.54, 1.807) is 24.4 Å². The summed E-state index contributed by atoms with van der Waals surface area (Å²) >= 11 is 0. The normalized spacial score (nSPS) is 18.3. The van der Waals surface area contributed by atoms with Crippen molar-refractivity contribution in [3.05, 3.63) is 72.4 Å². The molecule has 2 aromatic carbocycles. The van der Waals surface area contributed by atoms with Crippen LogP contribution in [0, 0.1) is 0 Å². The average molecular weight is 265 g/mol. The van der Waals surface area contributed by atoms with E-state index in [1.165, 1.54) is 0 Å². The Hall–Kier alpha value is -2.55. The van der Waals surface area contributed by atoms with E-state index in [4.69, 9.17) is 0 Å². The number of hydrogen-bond acceptors (Lipinski definition) is 3. The maximum atomic E-state index is 11.7. The number of allylic oxidation sites excluding steroid dienone is 1. The first-order chi connectivity index (χ1) is 9.75. The number of ketones is 1. The number of para-hydroxylation sites is 2. The third kappa shape index (κ3) is 2.30. The fraction of sp³-hybridized carbons (Fsp3) is 0.118. The van der Waals surface area contributed by atoms with E-state index < -0.39 is 0 Å². The summed E-state index contributed by atoms with van der Waals surface area (Å²) in [6.45, 7) is 0. The van der Waals surface area contributed by atoms with E-state index in [0.717, 1.165) is 5.56 Å². The molecular weight excluding hydrogens is 250 g/mol. The molecule has 3 nitrogen and oxygen atoms in total. The molecule has 1 heterocycles. The van der Waals surface area contributed by atoms with Gasteiger partial charge in [0.15, 0.2) is 5.78 Å². The molecule has 0 fully saturated rings. The lowest BCUT2D eigenvalue weighted by Gasteiger charge is -2.33. The number of hydrogen-bond donors (Lipinski definition) is 1. The van der Waals surface area contributed by atoms with Gasteiger partial charge in [-0.2, -0.15) is 0 Å². The van der Waals surface area contributed by atoms with Gasteiger partial charge in [-0.3, -0.25) is 4.79 Å². The SMILES string of the molecule is O=C1C=CN(c2ccccc2O)[C@@H](c2ccccc2)C1. The van der Waals surface area contributed by atoms with Gasteiger partial charge in [0.1, 0.15) is 5.75 Å². The molecule has 0 aromatic heterocycles. The first kappa shape index (κ1) is 12.5. The third-order valence-electron chi connectivity index (χ3n) is 3.50. The summed E-state index contributed by atoms with van der Waals surface area (Å²) in [5, 5.41) is 10.0. The van der Waals surface area contributed by atoms with Crippen molar-refractivity contribution in [1.29, 1.82) is 0 Å². The van der Waals surface area contributed by atoms with Crippen molar-refractivity contribution in [1.82, 2.24) is 0 Å². The molecule has 20 heavy (non-hydrogen) atoms. The van der Waals surface area contributed by atoms with Crippen LogP contribution in [0.2, 0.25) is 0 Å². The molecule has 0 saturated carbocycles. The van der Waals surface area contributed by atoms with Crippen LogP contribution in [-0.2, 0) is 4.79 Å². The molecule has 0 bridgehead atoms. The van der Waals surface area contributed by atoms with Crippen LogP contribution in [0.5, 0.6) is 5.75 Å². The first-order valence-electron chi connectivity index (χ1n) is 6.58. The molecule has 0 aliphatic carbocycles. The predicted molar refractivity (Wildman–Crippen MR) is 78.5 cm³/mol. The summed E-state index contributed by atoms with van der Waals surface area (Å²) < 4.78 is 0. The van der Waals surface area contributed by atoms with Crippen LogP contribution in [-0.4, -0.2) is 10.9 Å². The van der Waals surface area contributed by atoms with Gasteiger partial charge in [0, 0.05) is 12.6 Å². The number of phenols is 1.